The van der Waals surface area contributed by atoms with E-state index < -0.39 is 0 Å². The zero-order valence-electron chi connectivity index (χ0n) is 14.7. The Balaban J connectivity index is 0.00000243. The Morgan fingerprint density at radius 1 is 1.19 bits per heavy atom. The van der Waals surface area contributed by atoms with Crippen LogP contribution in [0, 0.1) is 11.7 Å². The summed E-state index contributed by atoms with van der Waals surface area (Å²) >= 11 is 1.45. The molecule has 0 bridgehead atoms. The van der Waals surface area contributed by atoms with Gasteiger partial charge in [-0.15, -0.1) is 24.2 Å². The van der Waals surface area contributed by atoms with Crippen molar-refractivity contribution in [3.8, 4) is 0 Å². The molecule has 6 heteroatoms. The zero-order chi connectivity index (χ0) is 17.6. The summed E-state index contributed by atoms with van der Waals surface area (Å²) in [5.41, 5.74) is 0.955. The molecular formula is C20H24ClFN2OS. The third-order valence-electron chi connectivity index (χ3n) is 4.52. The number of rotatable bonds is 5. The van der Waals surface area contributed by atoms with Gasteiger partial charge in [0.1, 0.15) is 11.1 Å². The molecule has 0 spiro atoms. The molecule has 3 unspecified atom stereocenters. The third kappa shape index (κ3) is 5.47. The molecule has 0 aromatic heterocycles. The van der Waals surface area contributed by atoms with E-state index in [2.05, 4.69) is 17.6 Å². The molecule has 3 atom stereocenters. The van der Waals surface area contributed by atoms with Gasteiger partial charge in [-0.3, -0.25) is 4.79 Å². The molecule has 3 nitrogen and oxygen atoms in total. The van der Waals surface area contributed by atoms with E-state index in [0.717, 1.165) is 30.0 Å². The molecule has 1 aliphatic rings. The van der Waals surface area contributed by atoms with Crippen LogP contribution in [0.15, 0.2) is 59.5 Å². The van der Waals surface area contributed by atoms with E-state index in [-0.39, 0.29) is 35.4 Å². The normalized spacial score (nSPS) is 20.7. The van der Waals surface area contributed by atoms with Gasteiger partial charge in [0.15, 0.2) is 0 Å². The van der Waals surface area contributed by atoms with Crippen LogP contribution in [0.5, 0.6) is 0 Å². The number of carbonyl (C=O) groups excluding carboxylic acids is 1. The number of benzene rings is 2. The smallest absolute Gasteiger partial charge is 0.238 e. The fourth-order valence-corrected chi connectivity index (χ4v) is 4.07. The Bertz CT molecular complexity index is 699. The molecule has 0 radical (unpaired) electrons. The summed E-state index contributed by atoms with van der Waals surface area (Å²) in [6.45, 7) is 4.00. The molecule has 0 saturated carbocycles. The van der Waals surface area contributed by atoms with Gasteiger partial charge < -0.3 is 10.6 Å². The van der Waals surface area contributed by atoms with Crippen LogP contribution in [0.3, 0.4) is 0 Å². The summed E-state index contributed by atoms with van der Waals surface area (Å²) in [4.78, 5) is 13.9. The van der Waals surface area contributed by atoms with Crippen LogP contribution in [0.2, 0.25) is 0 Å². The highest BCUT2D eigenvalue weighted by atomic mass is 35.5. The minimum Gasteiger partial charge on any atom is -0.352 e. The first kappa shape index (κ1) is 20.7. The second kappa shape index (κ2) is 9.95. The van der Waals surface area contributed by atoms with Crippen molar-refractivity contribution in [3.63, 3.8) is 0 Å². The van der Waals surface area contributed by atoms with Gasteiger partial charge in [0.25, 0.3) is 0 Å². The van der Waals surface area contributed by atoms with Crippen LogP contribution in [0.1, 0.15) is 24.2 Å². The van der Waals surface area contributed by atoms with Crippen molar-refractivity contribution in [3.05, 3.63) is 66.0 Å². The second-order valence-corrected chi connectivity index (χ2v) is 7.63. The molecule has 0 aliphatic carbocycles. The average Bonchev–Trinajstić information content (AvgIpc) is 2.64. The Kier molecular flexibility index (Phi) is 7.94. The summed E-state index contributed by atoms with van der Waals surface area (Å²) in [6.07, 6.45) is 0.940. The maximum Gasteiger partial charge on any atom is 0.238 e. The van der Waals surface area contributed by atoms with Crippen molar-refractivity contribution in [2.75, 3.05) is 13.1 Å². The van der Waals surface area contributed by atoms with Gasteiger partial charge in [-0.2, -0.15) is 0 Å². The first-order valence-electron chi connectivity index (χ1n) is 8.62. The third-order valence-corrected chi connectivity index (χ3v) is 5.79. The monoisotopic (exact) mass is 394 g/mol. The fourth-order valence-electron chi connectivity index (χ4n) is 3.04. The van der Waals surface area contributed by atoms with E-state index in [1.165, 1.54) is 23.9 Å². The van der Waals surface area contributed by atoms with Crippen LogP contribution in [-0.2, 0) is 4.79 Å². The molecule has 2 aromatic carbocycles. The topological polar surface area (TPSA) is 41.1 Å². The largest absolute Gasteiger partial charge is 0.352 e. The molecule has 3 rings (SSSR count). The van der Waals surface area contributed by atoms with Crippen molar-refractivity contribution in [2.24, 2.45) is 5.92 Å². The molecule has 1 amide bonds. The highest BCUT2D eigenvalue weighted by molar-refractivity contribution is 8.00. The molecule has 2 N–H and O–H groups in total. The average molecular weight is 395 g/mol. The predicted molar refractivity (Wildman–Crippen MR) is 107 cm³/mol. The van der Waals surface area contributed by atoms with Crippen LogP contribution in [0.4, 0.5) is 4.39 Å². The number of hydrogen-bond donors (Lipinski definition) is 2. The lowest BCUT2D eigenvalue weighted by molar-refractivity contribution is -0.121. The van der Waals surface area contributed by atoms with E-state index in [4.69, 9.17) is 0 Å². The van der Waals surface area contributed by atoms with Crippen molar-refractivity contribution in [1.29, 1.82) is 0 Å². The Labute approximate surface area is 164 Å². The molecule has 1 fully saturated rings. The predicted octanol–water partition coefficient (Wildman–Crippen LogP) is 4.20. The highest BCUT2D eigenvalue weighted by Crippen LogP contribution is 2.35. The number of thioether (sulfide) groups is 1. The van der Waals surface area contributed by atoms with Crippen molar-refractivity contribution >= 4 is 30.1 Å². The summed E-state index contributed by atoms with van der Waals surface area (Å²) in [6, 6.07) is 16.2. The maximum absolute atomic E-state index is 13.2. The summed E-state index contributed by atoms with van der Waals surface area (Å²) in [7, 11) is 0. The van der Waals surface area contributed by atoms with Crippen LogP contribution in [0.25, 0.3) is 0 Å². The van der Waals surface area contributed by atoms with Crippen molar-refractivity contribution < 1.29 is 9.18 Å². The number of halogens is 2. The van der Waals surface area contributed by atoms with Gasteiger partial charge in [-0.05, 0) is 55.3 Å². The van der Waals surface area contributed by atoms with E-state index in [0.29, 0.717) is 5.92 Å². The van der Waals surface area contributed by atoms with Gasteiger partial charge >= 0.3 is 0 Å². The van der Waals surface area contributed by atoms with Crippen LogP contribution < -0.4 is 10.6 Å². The Hall–Kier alpha value is -1.56. The maximum atomic E-state index is 13.2. The number of amides is 1. The van der Waals surface area contributed by atoms with E-state index in [1.807, 2.05) is 30.3 Å². The molecule has 140 valence electrons. The second-order valence-electron chi connectivity index (χ2n) is 6.45. The zero-order valence-corrected chi connectivity index (χ0v) is 16.3. The minimum atomic E-state index is -0.353. The molecular weight excluding hydrogens is 371 g/mol. The quantitative estimate of drug-likeness (QED) is 0.747. The van der Waals surface area contributed by atoms with Crippen LogP contribution in [-0.4, -0.2) is 25.0 Å². The number of nitrogens with one attached hydrogen (secondary N) is 2. The number of hydrogen-bond acceptors (Lipinski definition) is 3. The lowest BCUT2D eigenvalue weighted by atomic mass is 9.95. The van der Waals surface area contributed by atoms with Crippen molar-refractivity contribution in [1.82, 2.24) is 10.6 Å². The molecule has 2 aromatic rings. The van der Waals surface area contributed by atoms with Gasteiger partial charge in [0.2, 0.25) is 5.91 Å². The lowest BCUT2D eigenvalue weighted by Gasteiger charge is -2.31. The Morgan fingerprint density at radius 3 is 2.54 bits per heavy atom. The lowest BCUT2D eigenvalue weighted by Crippen LogP contribution is -2.49. The molecule has 26 heavy (non-hydrogen) atoms. The highest BCUT2D eigenvalue weighted by Gasteiger charge is 2.28. The van der Waals surface area contributed by atoms with Gasteiger partial charge in [0, 0.05) is 10.9 Å². The first-order chi connectivity index (χ1) is 12.1. The van der Waals surface area contributed by atoms with E-state index >= 15 is 0 Å². The summed E-state index contributed by atoms with van der Waals surface area (Å²) in [5.74, 6) is 0.151. The SMILES string of the molecule is CC1CNCCC1NC(=O)C(Sc1ccc(F)cc1)c1ccccc1.Cl. The number of piperidine rings is 1. The minimum absolute atomic E-state index is 0. The summed E-state index contributed by atoms with van der Waals surface area (Å²) in [5, 5.41) is 6.22. The fraction of sp³-hybridized carbons (Fsp3) is 0.350. The van der Waals surface area contributed by atoms with Gasteiger partial charge in [0.05, 0.1) is 0 Å². The van der Waals surface area contributed by atoms with E-state index in [9.17, 15) is 9.18 Å². The van der Waals surface area contributed by atoms with Gasteiger partial charge in [-0.25, -0.2) is 4.39 Å². The van der Waals surface area contributed by atoms with Crippen LogP contribution >= 0.6 is 24.2 Å². The standard InChI is InChI=1S/C20H23FN2OS.ClH/c1-14-13-22-12-11-18(14)23-20(24)19(15-5-3-2-4-6-15)25-17-9-7-16(21)8-10-17;/h2-10,14,18-19,22H,11-13H2,1H3,(H,23,24);1H. The Morgan fingerprint density at radius 2 is 1.88 bits per heavy atom. The van der Waals surface area contributed by atoms with E-state index in [1.54, 1.807) is 12.1 Å². The molecule has 1 heterocycles. The first-order valence-corrected chi connectivity index (χ1v) is 9.49. The summed E-state index contributed by atoms with van der Waals surface area (Å²) < 4.78 is 13.2. The molecule has 1 aliphatic heterocycles. The van der Waals surface area contributed by atoms with Crippen molar-refractivity contribution in [2.45, 2.75) is 29.5 Å². The van der Waals surface area contributed by atoms with Gasteiger partial charge in [-0.1, -0.05) is 37.3 Å². The number of carbonyl (C=O) groups is 1. The molecule has 1 saturated heterocycles.